The minimum absolute atomic E-state index is 0.0861. The predicted molar refractivity (Wildman–Crippen MR) is 99.3 cm³/mol. The lowest BCUT2D eigenvalue weighted by atomic mass is 10.2. The van der Waals surface area contributed by atoms with Gasteiger partial charge in [-0.1, -0.05) is 0 Å². The highest BCUT2D eigenvalue weighted by Crippen LogP contribution is 2.26. The highest BCUT2D eigenvalue weighted by molar-refractivity contribution is 7.14. The Kier molecular flexibility index (Phi) is 5.59. The summed E-state index contributed by atoms with van der Waals surface area (Å²) in [7, 11) is 0. The van der Waals surface area contributed by atoms with E-state index in [2.05, 4.69) is 10.3 Å². The van der Waals surface area contributed by atoms with Gasteiger partial charge in [0.05, 0.1) is 10.6 Å². The maximum absolute atomic E-state index is 13.3. The number of ether oxygens (including phenoxy) is 1. The molecular weight excluding hydrogens is 392 g/mol. The average molecular weight is 405 g/mol. The zero-order chi connectivity index (χ0) is 20.3. The zero-order valence-electron chi connectivity index (χ0n) is 14.4. The van der Waals surface area contributed by atoms with Gasteiger partial charge in [0.15, 0.2) is 22.9 Å². The first-order chi connectivity index (χ1) is 13.3. The van der Waals surface area contributed by atoms with Crippen molar-refractivity contribution in [3.63, 3.8) is 0 Å². The number of nitrogens with zero attached hydrogens (tertiary/aromatic N) is 2. The Morgan fingerprint density at radius 3 is 2.57 bits per heavy atom. The van der Waals surface area contributed by atoms with E-state index in [-0.39, 0.29) is 10.8 Å². The first kappa shape index (κ1) is 19.4. The second-order valence-corrected chi connectivity index (χ2v) is 6.53. The van der Waals surface area contributed by atoms with Gasteiger partial charge in [0, 0.05) is 23.1 Å². The van der Waals surface area contributed by atoms with E-state index < -0.39 is 28.6 Å². The number of carbonyl (C=O) groups is 1. The molecule has 7 nitrogen and oxygen atoms in total. The van der Waals surface area contributed by atoms with Crippen LogP contribution < -0.4 is 10.1 Å². The van der Waals surface area contributed by atoms with E-state index in [4.69, 9.17) is 4.74 Å². The molecule has 144 valence electrons. The van der Waals surface area contributed by atoms with Crippen LogP contribution in [0.1, 0.15) is 6.92 Å². The monoisotopic (exact) mass is 405 g/mol. The van der Waals surface area contributed by atoms with Crippen LogP contribution in [0, 0.1) is 21.7 Å². The first-order valence-electron chi connectivity index (χ1n) is 7.96. The van der Waals surface area contributed by atoms with Crippen LogP contribution in [0.3, 0.4) is 0 Å². The molecule has 0 saturated heterocycles. The van der Waals surface area contributed by atoms with E-state index in [0.717, 1.165) is 23.5 Å². The number of rotatable bonds is 6. The fourth-order valence-corrected chi connectivity index (χ4v) is 2.95. The van der Waals surface area contributed by atoms with Crippen LogP contribution >= 0.6 is 11.3 Å². The first-order valence-corrected chi connectivity index (χ1v) is 8.84. The number of thiazole rings is 1. The minimum Gasteiger partial charge on any atom is -0.481 e. The molecule has 0 aliphatic rings. The maximum atomic E-state index is 13.3. The summed E-state index contributed by atoms with van der Waals surface area (Å²) in [5, 5.41) is 15.1. The molecule has 0 spiro atoms. The van der Waals surface area contributed by atoms with Crippen molar-refractivity contribution in [2.45, 2.75) is 13.0 Å². The lowest BCUT2D eigenvalue weighted by Crippen LogP contribution is -2.30. The number of amides is 1. The third kappa shape index (κ3) is 4.46. The summed E-state index contributed by atoms with van der Waals surface area (Å²) in [6.45, 7) is 1.51. The van der Waals surface area contributed by atoms with Crippen LogP contribution in [0.5, 0.6) is 5.75 Å². The second kappa shape index (κ2) is 8.09. The van der Waals surface area contributed by atoms with Crippen LogP contribution in [0.4, 0.5) is 19.6 Å². The zero-order valence-corrected chi connectivity index (χ0v) is 15.2. The van der Waals surface area contributed by atoms with Gasteiger partial charge in [-0.25, -0.2) is 13.8 Å². The number of carbonyl (C=O) groups excluding carboxylic acids is 1. The van der Waals surface area contributed by atoms with E-state index in [0.29, 0.717) is 17.0 Å². The van der Waals surface area contributed by atoms with Crippen molar-refractivity contribution >= 4 is 28.1 Å². The molecule has 28 heavy (non-hydrogen) atoms. The molecule has 2 aromatic carbocycles. The molecule has 3 rings (SSSR count). The minimum atomic E-state index is -0.985. The van der Waals surface area contributed by atoms with Crippen molar-refractivity contribution in [3.05, 3.63) is 69.6 Å². The summed E-state index contributed by atoms with van der Waals surface area (Å²) in [5.41, 5.74) is 0.686. The van der Waals surface area contributed by atoms with Gasteiger partial charge in [0.2, 0.25) is 0 Å². The Morgan fingerprint density at radius 2 is 1.93 bits per heavy atom. The molecule has 0 bridgehead atoms. The van der Waals surface area contributed by atoms with Crippen LogP contribution in [-0.4, -0.2) is 21.9 Å². The van der Waals surface area contributed by atoms with Crippen LogP contribution in [0.15, 0.2) is 47.8 Å². The highest BCUT2D eigenvalue weighted by Gasteiger charge is 2.17. The van der Waals surface area contributed by atoms with Crippen molar-refractivity contribution < 1.29 is 23.2 Å². The molecule has 0 aliphatic carbocycles. The number of non-ortho nitro benzene ring substituents is 1. The van der Waals surface area contributed by atoms with Gasteiger partial charge < -0.3 is 4.74 Å². The van der Waals surface area contributed by atoms with Gasteiger partial charge in [-0.3, -0.25) is 20.2 Å². The van der Waals surface area contributed by atoms with E-state index in [9.17, 15) is 23.7 Å². The van der Waals surface area contributed by atoms with E-state index in [1.165, 1.54) is 37.3 Å². The Morgan fingerprint density at radius 1 is 1.21 bits per heavy atom. The molecule has 1 aromatic heterocycles. The SMILES string of the molecule is C[C@@H](Oc1ccc([N+](=O)[O-])cc1)C(=O)Nc1nc(-c2ccc(F)c(F)c2)cs1. The Balaban J connectivity index is 1.63. The normalized spacial score (nSPS) is 11.7. The maximum Gasteiger partial charge on any atom is 0.269 e. The van der Waals surface area contributed by atoms with Crippen LogP contribution in [0.25, 0.3) is 11.3 Å². The smallest absolute Gasteiger partial charge is 0.269 e. The number of benzene rings is 2. The third-order valence-corrected chi connectivity index (χ3v) is 4.44. The Labute approximate surface area is 161 Å². The molecule has 1 atom stereocenters. The summed E-state index contributed by atoms with van der Waals surface area (Å²) >= 11 is 1.12. The van der Waals surface area contributed by atoms with Gasteiger partial charge >= 0.3 is 0 Å². The number of nitro groups is 1. The quantitative estimate of drug-likeness (QED) is 0.484. The molecular formula is C18H13F2N3O4S. The highest BCUT2D eigenvalue weighted by atomic mass is 32.1. The number of hydrogen-bond donors (Lipinski definition) is 1. The fraction of sp³-hybridized carbons (Fsp3) is 0.111. The second-order valence-electron chi connectivity index (χ2n) is 5.67. The van der Waals surface area contributed by atoms with Crippen molar-refractivity contribution in [3.8, 4) is 17.0 Å². The number of hydrogen-bond acceptors (Lipinski definition) is 6. The van der Waals surface area contributed by atoms with Crippen molar-refractivity contribution in [2.75, 3.05) is 5.32 Å². The molecule has 0 fully saturated rings. The van der Waals surface area contributed by atoms with Crippen LogP contribution in [-0.2, 0) is 4.79 Å². The van der Waals surface area contributed by atoms with E-state index >= 15 is 0 Å². The topological polar surface area (TPSA) is 94.4 Å². The van der Waals surface area contributed by atoms with Gasteiger partial charge in [-0.15, -0.1) is 11.3 Å². The lowest BCUT2D eigenvalue weighted by molar-refractivity contribution is -0.384. The largest absolute Gasteiger partial charge is 0.481 e. The molecule has 1 amide bonds. The van der Waals surface area contributed by atoms with Gasteiger partial charge in [-0.05, 0) is 37.3 Å². The van der Waals surface area contributed by atoms with E-state index in [1.54, 1.807) is 5.38 Å². The molecule has 0 aliphatic heterocycles. The van der Waals surface area contributed by atoms with Gasteiger partial charge in [0.25, 0.3) is 11.6 Å². The van der Waals surface area contributed by atoms with Gasteiger partial charge in [0.1, 0.15) is 5.75 Å². The molecule has 10 heteroatoms. The molecule has 3 aromatic rings. The lowest BCUT2D eigenvalue weighted by Gasteiger charge is -2.13. The molecule has 0 radical (unpaired) electrons. The molecule has 0 saturated carbocycles. The summed E-state index contributed by atoms with van der Waals surface area (Å²) in [5.74, 6) is -2.12. The molecule has 0 unspecified atom stereocenters. The van der Waals surface area contributed by atoms with Crippen molar-refractivity contribution in [1.82, 2.24) is 4.98 Å². The number of anilines is 1. The number of nitro benzene ring substituents is 1. The number of halogens is 2. The van der Waals surface area contributed by atoms with Crippen LogP contribution in [0.2, 0.25) is 0 Å². The number of nitrogens with one attached hydrogen (secondary N) is 1. The average Bonchev–Trinajstić information content (AvgIpc) is 3.12. The van der Waals surface area contributed by atoms with E-state index in [1.807, 2.05) is 0 Å². The van der Waals surface area contributed by atoms with Gasteiger partial charge in [-0.2, -0.15) is 0 Å². The Bertz CT molecular complexity index is 1020. The molecule has 1 N–H and O–H groups in total. The van der Waals surface area contributed by atoms with Crippen molar-refractivity contribution in [2.24, 2.45) is 0 Å². The summed E-state index contributed by atoms with van der Waals surface area (Å²) in [6, 6.07) is 8.75. The summed E-state index contributed by atoms with van der Waals surface area (Å²) in [4.78, 5) is 26.5. The third-order valence-electron chi connectivity index (χ3n) is 3.68. The Hall–Kier alpha value is -3.40. The summed E-state index contributed by atoms with van der Waals surface area (Å²) < 4.78 is 31.8. The number of aromatic nitrogens is 1. The summed E-state index contributed by atoms with van der Waals surface area (Å²) in [6.07, 6.45) is -0.892. The standard InChI is InChI=1S/C18H13F2N3O4S/c1-10(27-13-5-3-12(4-6-13)23(25)26)17(24)22-18-21-16(9-28-18)11-2-7-14(19)15(20)8-11/h2-10H,1H3,(H,21,22,24)/t10-/m1/s1. The molecule has 1 heterocycles. The predicted octanol–water partition coefficient (Wildman–Crippen LogP) is 4.40. The fourth-order valence-electron chi connectivity index (χ4n) is 2.23. The van der Waals surface area contributed by atoms with Crippen molar-refractivity contribution in [1.29, 1.82) is 0 Å².